The van der Waals surface area contributed by atoms with E-state index in [1.807, 2.05) is 24.5 Å². The zero-order valence-electron chi connectivity index (χ0n) is 61.3. The van der Waals surface area contributed by atoms with Gasteiger partial charge in [-0.2, -0.15) is 0 Å². The lowest BCUT2D eigenvalue weighted by atomic mass is 9.97. The van der Waals surface area contributed by atoms with Crippen molar-refractivity contribution in [3.8, 4) is 89.8 Å². The summed E-state index contributed by atoms with van der Waals surface area (Å²) < 4.78 is 22.1. The third kappa shape index (κ3) is 10.6. The zero-order chi connectivity index (χ0) is 74.9. The summed E-state index contributed by atoms with van der Waals surface area (Å²) >= 11 is 0. The van der Waals surface area contributed by atoms with Crippen molar-refractivity contribution in [3.63, 3.8) is 0 Å². The van der Waals surface area contributed by atoms with E-state index in [-0.39, 0.29) is 0 Å². The van der Waals surface area contributed by atoms with Gasteiger partial charge in [0.15, 0.2) is 0 Å². The molecule has 0 unspecified atom stereocenters. The molecule has 0 atom stereocenters. The quantitative estimate of drug-likeness (QED) is 0.135. The SMILES string of the molecule is c1ccc(-n2c3ccccc3c3cc(-c4ccc5oc6nc(-c7ccc8c(c7)c7ccccc7n8-c7ccccc7)cnc6c5c4)ccc32)cc1.c1ccc(-n2c3ccccc3c3cc(-c4cccc(-c5ccc6oc7nc(-c8cccc(-c9ccc%10c(c9)c9ccccc9n%10-c9ccccc9)c8)cnc7c6c5)c4)ccc32)cc1. The van der Waals surface area contributed by atoms with Gasteiger partial charge in [0, 0.05) is 87.7 Å². The lowest BCUT2D eigenvalue weighted by Crippen LogP contribution is -1.93. The number of hydrogen-bond acceptors (Lipinski definition) is 6. The normalized spacial score (nSPS) is 11.9. The van der Waals surface area contributed by atoms with Gasteiger partial charge in [-0.05, 0) is 202 Å². The molecule has 532 valence electrons. The summed E-state index contributed by atoms with van der Waals surface area (Å²) in [5.41, 5.74) is 30.8. The summed E-state index contributed by atoms with van der Waals surface area (Å²) in [6.07, 6.45) is 3.73. The van der Waals surface area contributed by atoms with E-state index in [0.29, 0.717) is 11.4 Å². The van der Waals surface area contributed by atoms with Gasteiger partial charge in [0.25, 0.3) is 0 Å². The van der Waals surface area contributed by atoms with Gasteiger partial charge in [0.05, 0.1) is 67.9 Å². The molecule has 0 radical (unpaired) electrons. The molecule has 0 N–H and O–H groups in total. The molecule has 0 amide bonds. The monoisotopic (exact) mass is 1460 g/mol. The predicted molar refractivity (Wildman–Crippen MR) is 469 cm³/mol. The number of para-hydroxylation sites is 8. The number of rotatable bonds is 10. The average molecular weight is 1460 g/mol. The highest BCUT2D eigenvalue weighted by Crippen LogP contribution is 2.43. The van der Waals surface area contributed by atoms with Gasteiger partial charge in [-0.1, -0.05) is 218 Å². The molecule has 10 nitrogen and oxygen atoms in total. The van der Waals surface area contributed by atoms with E-state index < -0.39 is 0 Å². The molecule has 0 saturated carbocycles. The Kier molecular flexibility index (Phi) is 14.8. The van der Waals surface area contributed by atoms with Crippen LogP contribution in [-0.4, -0.2) is 38.2 Å². The first-order valence-electron chi connectivity index (χ1n) is 38.5. The van der Waals surface area contributed by atoms with Gasteiger partial charge in [0.2, 0.25) is 11.4 Å². The molecule has 16 aromatic carbocycles. The number of hydrogen-bond donors (Lipinski definition) is 0. The van der Waals surface area contributed by atoms with E-state index in [0.717, 1.165) is 123 Å². The maximum Gasteiger partial charge on any atom is 0.246 e. The summed E-state index contributed by atoms with van der Waals surface area (Å²) in [7, 11) is 0. The van der Waals surface area contributed by atoms with Crippen molar-refractivity contribution >= 4 is 132 Å². The second-order valence-electron chi connectivity index (χ2n) is 29.3. The molecule has 114 heavy (non-hydrogen) atoms. The van der Waals surface area contributed by atoms with Gasteiger partial charge in [-0.15, -0.1) is 0 Å². The van der Waals surface area contributed by atoms with Crippen molar-refractivity contribution in [2.45, 2.75) is 0 Å². The molecule has 0 fully saturated rings. The lowest BCUT2D eigenvalue weighted by Gasteiger charge is -2.09. The smallest absolute Gasteiger partial charge is 0.246 e. The first kappa shape index (κ1) is 64.5. The number of aromatic nitrogens is 8. The van der Waals surface area contributed by atoms with E-state index in [1.165, 1.54) is 87.3 Å². The van der Waals surface area contributed by atoms with Crippen LogP contribution in [0.5, 0.6) is 0 Å². The molecule has 0 saturated heterocycles. The van der Waals surface area contributed by atoms with Crippen LogP contribution >= 0.6 is 0 Å². The minimum Gasteiger partial charge on any atom is -0.436 e. The first-order valence-corrected chi connectivity index (χ1v) is 38.5. The average Bonchev–Trinajstić information content (AvgIpc) is 1.60. The minimum absolute atomic E-state index is 0.525. The predicted octanol–water partition coefficient (Wildman–Crippen LogP) is 27.1. The van der Waals surface area contributed by atoms with Crippen LogP contribution in [0.1, 0.15) is 0 Å². The molecule has 8 heterocycles. The van der Waals surface area contributed by atoms with Crippen molar-refractivity contribution in [1.29, 1.82) is 0 Å². The second kappa shape index (κ2) is 26.1. The van der Waals surface area contributed by atoms with Crippen molar-refractivity contribution in [2.24, 2.45) is 0 Å². The van der Waals surface area contributed by atoms with Crippen LogP contribution in [-0.2, 0) is 0 Å². The molecule has 0 aliphatic heterocycles. The Morgan fingerprint density at radius 2 is 0.430 bits per heavy atom. The topological polar surface area (TPSA) is 97.6 Å². The minimum atomic E-state index is 0.525. The fourth-order valence-electron chi connectivity index (χ4n) is 17.5. The van der Waals surface area contributed by atoms with Crippen molar-refractivity contribution in [3.05, 3.63) is 389 Å². The van der Waals surface area contributed by atoms with Crippen molar-refractivity contribution in [2.75, 3.05) is 0 Å². The van der Waals surface area contributed by atoms with Crippen LogP contribution in [0.25, 0.3) is 221 Å². The standard InChI is InChI=1S/C58H36N4O.C46H28N4O/c1-3-17-44(18-4-1)61-52-23-9-7-21-46(52)48-33-40(25-28-54(48)61)37-13-11-14-38(31-37)42-27-30-56-50(35-42)57-58(63-56)60-51(36-59-57)43-16-12-15-39(32-43)41-26-29-55-49(34-41)47-22-8-10-24-53(47)62(55)45-19-5-2-6-20-45;1-3-11-32(12-4-1)49-40-17-9-7-15-34(40)36-25-29(19-22-42(36)49)30-21-24-44-38(26-30)45-46(51-44)48-39(28-47-45)31-20-23-43-37(27-31)35-16-8-10-18-41(35)50(43)33-13-5-2-6-14-33/h1-36H;1-28H. The molecular formula is C104H64N8O2. The highest BCUT2D eigenvalue weighted by molar-refractivity contribution is 6.15. The van der Waals surface area contributed by atoms with E-state index in [1.54, 1.807) is 0 Å². The maximum absolute atomic E-state index is 6.37. The summed E-state index contributed by atoms with van der Waals surface area (Å²) in [4.78, 5) is 19.9. The zero-order valence-corrected chi connectivity index (χ0v) is 61.3. The van der Waals surface area contributed by atoms with Crippen LogP contribution < -0.4 is 0 Å². The summed E-state index contributed by atoms with van der Waals surface area (Å²) in [5, 5.41) is 11.6. The molecule has 0 aliphatic rings. The number of nitrogens with zero attached hydrogens (tertiary/aromatic N) is 8. The second-order valence-corrected chi connectivity index (χ2v) is 29.3. The molecule has 10 heteroatoms. The number of benzene rings is 16. The fourth-order valence-corrected chi connectivity index (χ4v) is 17.5. The third-order valence-corrected chi connectivity index (χ3v) is 22.8. The fraction of sp³-hybridized carbons (Fsp3) is 0. The van der Waals surface area contributed by atoms with Crippen molar-refractivity contribution < 1.29 is 8.83 Å². The molecule has 24 rings (SSSR count). The number of furan rings is 2. The molecule has 8 aromatic heterocycles. The van der Waals surface area contributed by atoms with Gasteiger partial charge in [-0.25, -0.2) is 19.9 Å². The summed E-state index contributed by atoms with van der Waals surface area (Å²) in [5.74, 6) is 0. The molecule has 0 aliphatic carbocycles. The highest BCUT2D eigenvalue weighted by atomic mass is 16.3. The van der Waals surface area contributed by atoms with Gasteiger partial charge < -0.3 is 27.1 Å². The Balaban J connectivity index is 0.000000138. The van der Waals surface area contributed by atoms with Crippen LogP contribution in [0.15, 0.2) is 397 Å². The Hall–Kier alpha value is -15.5. The largest absolute Gasteiger partial charge is 0.436 e. The summed E-state index contributed by atoms with van der Waals surface area (Å²) in [6, 6.07) is 134. The van der Waals surface area contributed by atoms with Crippen molar-refractivity contribution in [1.82, 2.24) is 38.2 Å². The third-order valence-electron chi connectivity index (χ3n) is 22.8. The van der Waals surface area contributed by atoms with Gasteiger partial charge in [0.1, 0.15) is 22.2 Å². The van der Waals surface area contributed by atoms with Gasteiger partial charge in [-0.3, -0.25) is 0 Å². The molecule has 24 aromatic rings. The highest BCUT2D eigenvalue weighted by Gasteiger charge is 2.22. The lowest BCUT2D eigenvalue weighted by molar-refractivity contribution is 0.653. The maximum atomic E-state index is 6.37. The molecule has 0 spiro atoms. The Morgan fingerprint density at radius 3 is 0.772 bits per heavy atom. The van der Waals surface area contributed by atoms with E-state index in [9.17, 15) is 0 Å². The van der Waals surface area contributed by atoms with Gasteiger partial charge >= 0.3 is 0 Å². The molecule has 0 bridgehead atoms. The van der Waals surface area contributed by atoms with E-state index in [2.05, 4.69) is 382 Å². The van der Waals surface area contributed by atoms with Crippen LogP contribution in [0.4, 0.5) is 0 Å². The van der Waals surface area contributed by atoms with Crippen LogP contribution in [0.3, 0.4) is 0 Å². The van der Waals surface area contributed by atoms with Crippen LogP contribution in [0.2, 0.25) is 0 Å². The Bertz CT molecular complexity index is 7980. The van der Waals surface area contributed by atoms with E-state index in [4.69, 9.17) is 28.8 Å². The van der Waals surface area contributed by atoms with Crippen LogP contribution in [0, 0.1) is 0 Å². The molecular weight excluding hydrogens is 1390 g/mol. The Morgan fingerprint density at radius 1 is 0.184 bits per heavy atom. The number of fused-ring (bicyclic) bond motifs is 18. The van der Waals surface area contributed by atoms with E-state index >= 15 is 0 Å². The summed E-state index contributed by atoms with van der Waals surface area (Å²) in [6.45, 7) is 0. The first-order chi connectivity index (χ1) is 56.5. The Labute approximate surface area is 652 Å².